The Bertz CT molecular complexity index is 929. The number of carbonyl (C=O) groups is 1. The number of anilines is 1. The van der Waals surface area contributed by atoms with Gasteiger partial charge in [-0.05, 0) is 36.8 Å². The van der Waals surface area contributed by atoms with E-state index in [0.717, 1.165) is 11.3 Å². The van der Waals surface area contributed by atoms with Crippen LogP contribution in [0.2, 0.25) is 0 Å². The van der Waals surface area contributed by atoms with E-state index in [-0.39, 0.29) is 4.90 Å². The van der Waals surface area contributed by atoms with Gasteiger partial charge in [0, 0.05) is 17.0 Å². The molecule has 0 aromatic heterocycles. The second kappa shape index (κ2) is 6.08. The fraction of sp³-hybridized carbons (Fsp3) is 0.0667. The van der Waals surface area contributed by atoms with Gasteiger partial charge in [-0.3, -0.25) is 9.35 Å². The molecule has 0 saturated carbocycles. The maximum Gasteiger partial charge on any atom is 0.294 e. The van der Waals surface area contributed by atoms with Gasteiger partial charge in [-0.2, -0.15) is 8.42 Å². The summed E-state index contributed by atoms with van der Waals surface area (Å²) >= 11 is 0. The number of aryl methyl sites for hydroxylation is 1. The molecule has 0 bridgehead atoms. The van der Waals surface area contributed by atoms with E-state index in [4.69, 9.17) is 10.3 Å². The van der Waals surface area contributed by atoms with E-state index in [0.29, 0.717) is 10.6 Å². The Morgan fingerprint density at radius 2 is 1.82 bits per heavy atom. The van der Waals surface area contributed by atoms with Crippen LogP contribution in [-0.4, -0.2) is 18.9 Å². The zero-order valence-electron chi connectivity index (χ0n) is 11.7. The minimum Gasteiger partial charge on any atom is -0.399 e. The lowest BCUT2D eigenvalue weighted by Crippen LogP contribution is -2.22. The van der Waals surface area contributed by atoms with Crippen LogP contribution in [0.3, 0.4) is 0 Å². The largest absolute Gasteiger partial charge is 0.399 e. The van der Waals surface area contributed by atoms with Crippen LogP contribution in [0.25, 0.3) is 6.08 Å². The minimum absolute atomic E-state index is 0.239. The number of rotatable bonds is 1. The van der Waals surface area contributed by atoms with Crippen LogP contribution in [0.4, 0.5) is 5.69 Å². The number of hydrogen-bond donors (Lipinski definition) is 2. The van der Waals surface area contributed by atoms with Crippen LogP contribution in [-0.2, 0) is 14.9 Å². The van der Waals surface area contributed by atoms with E-state index in [1.165, 1.54) is 24.3 Å². The fourth-order valence-corrected chi connectivity index (χ4v) is 2.30. The van der Waals surface area contributed by atoms with Crippen LogP contribution in [0.15, 0.2) is 52.4 Å². The normalized spacial score (nSPS) is 12.5. The van der Waals surface area contributed by atoms with Gasteiger partial charge >= 0.3 is 0 Å². The third-order valence-electron chi connectivity index (χ3n) is 2.99. The standard InChI is InChI=1S/C8H5NO4S.C7H9N/c10-8-4-5-3-6(14(11,12)13)1-2-7(5)9-8;1-6-4-2-3-5-7(6)8/h1-4H,(H,11,12,13);2-5H,8H2,1H3. The maximum absolute atomic E-state index is 10.8. The molecular weight excluding hydrogens is 304 g/mol. The van der Waals surface area contributed by atoms with Gasteiger partial charge in [-0.1, -0.05) is 18.2 Å². The Labute approximate surface area is 127 Å². The summed E-state index contributed by atoms with van der Waals surface area (Å²) in [7, 11) is -4.21. The number of hydrogen-bond acceptors (Lipinski definition) is 4. The summed E-state index contributed by atoms with van der Waals surface area (Å²) in [6, 6.07) is 11.6. The Hall–Kier alpha value is -2.51. The van der Waals surface area contributed by atoms with Crippen LogP contribution >= 0.6 is 0 Å². The van der Waals surface area contributed by atoms with Crippen molar-refractivity contribution < 1.29 is 17.8 Å². The molecular formula is C15H14N2O4S. The molecule has 0 radical (unpaired) electrons. The number of benzene rings is 2. The third-order valence-corrected chi connectivity index (χ3v) is 3.84. The van der Waals surface area contributed by atoms with Crippen molar-refractivity contribution in [2.75, 3.05) is 5.73 Å². The lowest BCUT2D eigenvalue weighted by molar-refractivity contribution is -0.112. The van der Waals surface area contributed by atoms with E-state index >= 15 is 0 Å². The molecule has 0 fully saturated rings. The SMILES string of the molecule is Cc1ccccc1N.O=C1C=c2cc(S(=O)(=O)O)ccc2=N1. The summed E-state index contributed by atoms with van der Waals surface area (Å²) in [6.45, 7) is 2.00. The van der Waals surface area contributed by atoms with Crippen LogP contribution in [0.1, 0.15) is 5.56 Å². The summed E-state index contributed by atoms with van der Waals surface area (Å²) in [5.41, 5.74) is 7.53. The molecule has 0 unspecified atom stereocenters. The number of para-hydroxylation sites is 1. The first kappa shape index (κ1) is 15.9. The Morgan fingerprint density at radius 3 is 2.36 bits per heavy atom. The van der Waals surface area contributed by atoms with Crippen molar-refractivity contribution in [3.63, 3.8) is 0 Å². The van der Waals surface area contributed by atoms with E-state index in [2.05, 4.69) is 4.99 Å². The van der Waals surface area contributed by atoms with Crippen LogP contribution in [0.5, 0.6) is 0 Å². The average molecular weight is 318 g/mol. The molecule has 7 heteroatoms. The van der Waals surface area contributed by atoms with E-state index < -0.39 is 16.0 Å². The average Bonchev–Trinajstić information content (AvgIpc) is 2.81. The molecule has 1 aliphatic rings. The number of amides is 1. The van der Waals surface area contributed by atoms with Gasteiger partial charge in [0.05, 0.1) is 10.3 Å². The first-order valence-electron chi connectivity index (χ1n) is 6.30. The van der Waals surface area contributed by atoms with Crippen LogP contribution in [0, 0.1) is 6.92 Å². The number of carbonyl (C=O) groups excluding carboxylic acids is 1. The second-order valence-corrected chi connectivity index (χ2v) is 6.07. The molecule has 22 heavy (non-hydrogen) atoms. The highest BCUT2D eigenvalue weighted by Crippen LogP contribution is 2.06. The Morgan fingerprint density at radius 1 is 1.14 bits per heavy atom. The quantitative estimate of drug-likeness (QED) is 0.586. The highest BCUT2D eigenvalue weighted by Gasteiger charge is 2.11. The molecule has 6 nitrogen and oxygen atoms in total. The Kier molecular flexibility index (Phi) is 4.39. The molecule has 3 N–H and O–H groups in total. The number of fused-ring (bicyclic) bond motifs is 1. The van der Waals surface area contributed by atoms with E-state index in [1.807, 2.05) is 31.2 Å². The second-order valence-electron chi connectivity index (χ2n) is 4.65. The molecule has 0 spiro atoms. The van der Waals surface area contributed by atoms with Crippen molar-refractivity contribution in [2.45, 2.75) is 11.8 Å². The lowest BCUT2D eigenvalue weighted by atomic mass is 10.2. The lowest BCUT2D eigenvalue weighted by Gasteiger charge is -1.93. The predicted molar refractivity (Wildman–Crippen MR) is 82.1 cm³/mol. The highest BCUT2D eigenvalue weighted by atomic mass is 32.2. The van der Waals surface area contributed by atoms with Crippen molar-refractivity contribution in [3.05, 3.63) is 58.6 Å². The molecule has 1 aliphatic heterocycles. The summed E-state index contributed by atoms with van der Waals surface area (Å²) in [4.78, 5) is 14.2. The maximum atomic E-state index is 10.8. The molecule has 2 aromatic rings. The molecule has 114 valence electrons. The molecule has 0 saturated heterocycles. The molecule has 2 aromatic carbocycles. The summed E-state index contributed by atoms with van der Waals surface area (Å²) in [6.07, 6.45) is 1.21. The van der Waals surface area contributed by atoms with Gasteiger partial charge in [-0.25, -0.2) is 4.99 Å². The zero-order valence-corrected chi connectivity index (χ0v) is 12.5. The third kappa shape index (κ3) is 3.78. The number of nitrogens with zero attached hydrogens (tertiary/aromatic N) is 1. The minimum atomic E-state index is -4.21. The van der Waals surface area contributed by atoms with Crippen molar-refractivity contribution in [3.8, 4) is 0 Å². The van der Waals surface area contributed by atoms with E-state index in [1.54, 1.807) is 0 Å². The predicted octanol–water partition coefficient (Wildman–Crippen LogP) is 0.451. The van der Waals surface area contributed by atoms with Crippen molar-refractivity contribution in [2.24, 2.45) is 4.99 Å². The Balaban J connectivity index is 0.000000188. The summed E-state index contributed by atoms with van der Waals surface area (Å²) < 4.78 is 30.2. The summed E-state index contributed by atoms with van der Waals surface area (Å²) in [5.74, 6) is -0.424. The van der Waals surface area contributed by atoms with Gasteiger partial charge in [-0.15, -0.1) is 0 Å². The smallest absolute Gasteiger partial charge is 0.294 e. The summed E-state index contributed by atoms with van der Waals surface area (Å²) in [5, 5.41) is 0.826. The molecule has 0 aliphatic carbocycles. The van der Waals surface area contributed by atoms with Crippen molar-refractivity contribution in [1.82, 2.24) is 0 Å². The van der Waals surface area contributed by atoms with Gasteiger partial charge < -0.3 is 5.73 Å². The van der Waals surface area contributed by atoms with Crippen LogP contribution < -0.4 is 16.3 Å². The highest BCUT2D eigenvalue weighted by molar-refractivity contribution is 7.85. The van der Waals surface area contributed by atoms with Crippen molar-refractivity contribution >= 4 is 27.8 Å². The molecule has 0 atom stereocenters. The monoisotopic (exact) mass is 318 g/mol. The first-order valence-corrected chi connectivity index (χ1v) is 7.74. The molecule has 1 heterocycles. The fourth-order valence-electron chi connectivity index (χ4n) is 1.78. The first-order chi connectivity index (χ1) is 10.3. The zero-order chi connectivity index (χ0) is 16.3. The molecule has 1 amide bonds. The number of nitrogens with two attached hydrogens (primary N) is 1. The van der Waals surface area contributed by atoms with Gasteiger partial charge in [0.1, 0.15) is 0 Å². The topological polar surface area (TPSA) is 110 Å². The van der Waals surface area contributed by atoms with E-state index in [9.17, 15) is 13.2 Å². The van der Waals surface area contributed by atoms with Crippen molar-refractivity contribution in [1.29, 1.82) is 0 Å². The molecule has 3 rings (SSSR count). The van der Waals surface area contributed by atoms with Gasteiger partial charge in [0.25, 0.3) is 16.0 Å². The number of nitrogen functional groups attached to an aromatic ring is 1. The van der Waals surface area contributed by atoms with Gasteiger partial charge in [0.2, 0.25) is 0 Å². The van der Waals surface area contributed by atoms with Gasteiger partial charge in [0.15, 0.2) is 0 Å².